The molecule has 1 fully saturated rings. The summed E-state index contributed by atoms with van der Waals surface area (Å²) < 4.78 is 1.94. The maximum atomic E-state index is 12.1. The lowest BCUT2D eigenvalue weighted by atomic mass is 9.96. The lowest BCUT2D eigenvalue weighted by molar-refractivity contribution is -0.134. The topological polar surface area (TPSA) is 63.1 Å². The quantitative estimate of drug-likeness (QED) is 0.829. The fourth-order valence-corrected chi connectivity index (χ4v) is 2.45. The minimum atomic E-state index is -0.122. The van der Waals surface area contributed by atoms with Crippen molar-refractivity contribution in [2.45, 2.75) is 31.7 Å². The molecule has 2 heterocycles. The van der Waals surface area contributed by atoms with Crippen molar-refractivity contribution < 1.29 is 4.79 Å². The van der Waals surface area contributed by atoms with E-state index < -0.39 is 0 Å². The average molecular weight is 251 g/mol. The first-order valence-electron chi connectivity index (χ1n) is 6.43. The van der Waals surface area contributed by atoms with Crippen molar-refractivity contribution in [3.8, 4) is 0 Å². The second-order valence-electron chi connectivity index (χ2n) is 4.93. The van der Waals surface area contributed by atoms with Gasteiger partial charge in [0.2, 0.25) is 5.91 Å². The van der Waals surface area contributed by atoms with Crippen LogP contribution in [0.2, 0.25) is 0 Å². The Bertz CT molecular complexity index is 416. The normalized spacial score (nSPS) is 21.9. The first-order valence-corrected chi connectivity index (χ1v) is 6.43. The standard InChI is InChI=1S/C12H21N5O/c1-9(13-2)12(18)17-6-4-5-10(7-17)11-15-14-8-16(11)3/h8-10,13H,4-7H2,1-3H3. The van der Waals surface area contributed by atoms with E-state index in [2.05, 4.69) is 15.5 Å². The average Bonchev–Trinajstić information content (AvgIpc) is 2.83. The summed E-state index contributed by atoms with van der Waals surface area (Å²) in [5.41, 5.74) is 0. The molecule has 0 saturated carbocycles. The predicted octanol–water partition coefficient (Wildman–Crippen LogP) is 0.129. The Morgan fingerprint density at radius 1 is 1.61 bits per heavy atom. The third kappa shape index (κ3) is 2.53. The molecule has 1 aromatic rings. The van der Waals surface area contributed by atoms with E-state index in [1.54, 1.807) is 6.33 Å². The molecule has 2 unspecified atom stereocenters. The van der Waals surface area contributed by atoms with Gasteiger partial charge in [0.05, 0.1) is 6.04 Å². The number of amides is 1. The van der Waals surface area contributed by atoms with E-state index in [-0.39, 0.29) is 11.9 Å². The molecule has 18 heavy (non-hydrogen) atoms. The van der Waals surface area contributed by atoms with E-state index in [4.69, 9.17) is 0 Å². The Kier molecular flexibility index (Phi) is 3.96. The summed E-state index contributed by atoms with van der Waals surface area (Å²) in [6, 6.07) is -0.122. The Balaban J connectivity index is 2.05. The molecule has 0 spiro atoms. The molecule has 1 aliphatic rings. The van der Waals surface area contributed by atoms with Crippen LogP contribution in [0.5, 0.6) is 0 Å². The molecule has 2 atom stereocenters. The molecule has 6 heteroatoms. The smallest absolute Gasteiger partial charge is 0.239 e. The number of rotatable bonds is 3. The largest absolute Gasteiger partial charge is 0.341 e. The maximum Gasteiger partial charge on any atom is 0.239 e. The number of aryl methyl sites for hydroxylation is 1. The molecule has 0 aromatic carbocycles. The summed E-state index contributed by atoms with van der Waals surface area (Å²) >= 11 is 0. The lowest BCUT2D eigenvalue weighted by Crippen LogP contribution is -2.47. The molecule has 1 aliphatic heterocycles. The predicted molar refractivity (Wildman–Crippen MR) is 68.1 cm³/mol. The van der Waals surface area contributed by atoms with Gasteiger partial charge in [-0.1, -0.05) is 0 Å². The van der Waals surface area contributed by atoms with Crippen LogP contribution < -0.4 is 5.32 Å². The van der Waals surface area contributed by atoms with Crippen LogP contribution in [0.1, 0.15) is 31.5 Å². The zero-order valence-electron chi connectivity index (χ0n) is 11.3. The minimum Gasteiger partial charge on any atom is -0.341 e. The van der Waals surface area contributed by atoms with Crippen molar-refractivity contribution in [1.82, 2.24) is 25.0 Å². The molecule has 1 aromatic heterocycles. The van der Waals surface area contributed by atoms with E-state index in [1.807, 2.05) is 30.5 Å². The number of aromatic nitrogens is 3. The van der Waals surface area contributed by atoms with Gasteiger partial charge in [-0.05, 0) is 26.8 Å². The minimum absolute atomic E-state index is 0.122. The van der Waals surface area contributed by atoms with E-state index in [0.717, 1.165) is 31.8 Å². The number of nitrogens with one attached hydrogen (secondary N) is 1. The van der Waals surface area contributed by atoms with Crippen LogP contribution in [0.15, 0.2) is 6.33 Å². The second-order valence-corrected chi connectivity index (χ2v) is 4.93. The highest BCUT2D eigenvalue weighted by atomic mass is 16.2. The molecule has 0 radical (unpaired) electrons. The van der Waals surface area contributed by atoms with Crippen molar-refractivity contribution >= 4 is 5.91 Å². The summed E-state index contributed by atoms with van der Waals surface area (Å²) in [6.07, 6.45) is 3.82. The van der Waals surface area contributed by atoms with E-state index >= 15 is 0 Å². The molecule has 0 bridgehead atoms. The van der Waals surface area contributed by atoms with Crippen molar-refractivity contribution in [1.29, 1.82) is 0 Å². The Hall–Kier alpha value is -1.43. The Morgan fingerprint density at radius 2 is 2.39 bits per heavy atom. The number of hydrogen-bond donors (Lipinski definition) is 1. The third-order valence-corrected chi connectivity index (χ3v) is 3.65. The summed E-state index contributed by atoms with van der Waals surface area (Å²) in [5, 5.41) is 11.1. The van der Waals surface area contributed by atoms with Crippen molar-refractivity contribution in [3.05, 3.63) is 12.2 Å². The first kappa shape index (κ1) is 13.0. The van der Waals surface area contributed by atoms with Gasteiger partial charge in [-0.3, -0.25) is 4.79 Å². The number of carbonyl (C=O) groups excluding carboxylic acids is 1. The first-order chi connectivity index (χ1) is 8.63. The van der Waals surface area contributed by atoms with E-state index in [0.29, 0.717) is 5.92 Å². The summed E-state index contributed by atoms with van der Waals surface area (Å²) in [4.78, 5) is 14.1. The fraction of sp³-hybridized carbons (Fsp3) is 0.750. The maximum absolute atomic E-state index is 12.1. The van der Waals surface area contributed by atoms with Gasteiger partial charge in [0.15, 0.2) is 0 Å². The van der Waals surface area contributed by atoms with Gasteiger partial charge in [0.25, 0.3) is 0 Å². The van der Waals surface area contributed by atoms with Gasteiger partial charge >= 0.3 is 0 Å². The summed E-state index contributed by atoms with van der Waals surface area (Å²) in [7, 11) is 3.76. The number of carbonyl (C=O) groups is 1. The van der Waals surface area contributed by atoms with Gasteiger partial charge in [0.1, 0.15) is 12.2 Å². The highest BCUT2D eigenvalue weighted by molar-refractivity contribution is 5.81. The van der Waals surface area contributed by atoms with Crippen LogP contribution in [0.4, 0.5) is 0 Å². The van der Waals surface area contributed by atoms with Crippen LogP contribution in [0.25, 0.3) is 0 Å². The molecule has 2 rings (SSSR count). The van der Waals surface area contributed by atoms with Gasteiger partial charge in [0, 0.05) is 26.1 Å². The number of hydrogen-bond acceptors (Lipinski definition) is 4. The van der Waals surface area contributed by atoms with E-state index in [1.165, 1.54) is 0 Å². The van der Waals surface area contributed by atoms with Crippen LogP contribution in [0, 0.1) is 0 Å². The fourth-order valence-electron chi connectivity index (χ4n) is 2.45. The van der Waals surface area contributed by atoms with E-state index in [9.17, 15) is 4.79 Å². The van der Waals surface area contributed by atoms with Crippen LogP contribution >= 0.6 is 0 Å². The zero-order chi connectivity index (χ0) is 13.1. The molecular formula is C12H21N5O. The number of piperidine rings is 1. The second kappa shape index (κ2) is 5.48. The summed E-state index contributed by atoms with van der Waals surface area (Å²) in [6.45, 7) is 3.49. The SMILES string of the molecule is CNC(C)C(=O)N1CCCC(c2nncn2C)C1. The summed E-state index contributed by atoms with van der Waals surface area (Å²) in [5.74, 6) is 1.45. The van der Waals surface area contributed by atoms with Gasteiger partial charge < -0.3 is 14.8 Å². The molecule has 100 valence electrons. The molecular weight excluding hydrogens is 230 g/mol. The molecule has 6 nitrogen and oxygen atoms in total. The monoisotopic (exact) mass is 251 g/mol. The molecule has 0 aliphatic carbocycles. The zero-order valence-corrected chi connectivity index (χ0v) is 11.3. The third-order valence-electron chi connectivity index (χ3n) is 3.65. The highest BCUT2D eigenvalue weighted by Crippen LogP contribution is 2.25. The number of likely N-dealkylation sites (N-methyl/N-ethyl adjacent to an activating group) is 1. The van der Waals surface area contributed by atoms with Crippen LogP contribution in [-0.4, -0.2) is 51.8 Å². The number of likely N-dealkylation sites (tertiary alicyclic amines) is 1. The lowest BCUT2D eigenvalue weighted by Gasteiger charge is -2.33. The van der Waals surface area contributed by atoms with Crippen LogP contribution in [-0.2, 0) is 11.8 Å². The van der Waals surface area contributed by atoms with Crippen molar-refractivity contribution in [2.24, 2.45) is 7.05 Å². The molecule has 1 N–H and O–H groups in total. The van der Waals surface area contributed by atoms with Crippen molar-refractivity contribution in [2.75, 3.05) is 20.1 Å². The van der Waals surface area contributed by atoms with Crippen molar-refractivity contribution in [3.63, 3.8) is 0 Å². The van der Waals surface area contributed by atoms with Gasteiger partial charge in [-0.15, -0.1) is 10.2 Å². The van der Waals surface area contributed by atoms with Crippen LogP contribution in [0.3, 0.4) is 0 Å². The number of nitrogens with zero attached hydrogens (tertiary/aromatic N) is 4. The Morgan fingerprint density at radius 3 is 3.00 bits per heavy atom. The van der Waals surface area contributed by atoms with Gasteiger partial charge in [-0.25, -0.2) is 0 Å². The molecule has 1 saturated heterocycles. The van der Waals surface area contributed by atoms with Gasteiger partial charge in [-0.2, -0.15) is 0 Å². The Labute approximate surface area is 107 Å². The highest BCUT2D eigenvalue weighted by Gasteiger charge is 2.28. The molecule has 1 amide bonds.